The average Bonchev–Trinajstić information content (AvgIpc) is 3.11. The van der Waals surface area contributed by atoms with Gasteiger partial charge in [0.2, 0.25) is 11.8 Å². The Bertz CT molecular complexity index is 578. The first-order valence-corrected chi connectivity index (χ1v) is 7.21. The van der Waals surface area contributed by atoms with Gasteiger partial charge in [-0.2, -0.15) is 0 Å². The number of nitrogens with one attached hydrogen (secondary N) is 1. The van der Waals surface area contributed by atoms with Crippen LogP contribution >= 0.6 is 0 Å². The molecule has 1 unspecified atom stereocenters. The summed E-state index contributed by atoms with van der Waals surface area (Å²) in [5.41, 5.74) is 0.732. The molecule has 0 saturated carbocycles. The monoisotopic (exact) mass is 290 g/mol. The van der Waals surface area contributed by atoms with Crippen LogP contribution in [0.2, 0.25) is 0 Å². The Labute approximate surface area is 123 Å². The minimum Gasteiger partial charge on any atom is -0.419 e. The van der Waals surface area contributed by atoms with Crippen molar-refractivity contribution in [2.24, 2.45) is 0 Å². The van der Waals surface area contributed by atoms with Gasteiger partial charge in [-0.1, -0.05) is 0 Å². The van der Waals surface area contributed by atoms with Crippen LogP contribution in [0.5, 0.6) is 0 Å². The maximum absolute atomic E-state index is 12.9. The molecule has 1 aromatic carbocycles. The molecule has 1 fully saturated rings. The maximum Gasteiger partial charge on any atom is 0.247 e. The van der Waals surface area contributed by atoms with Crippen LogP contribution in [0.1, 0.15) is 18.7 Å². The lowest BCUT2D eigenvalue weighted by molar-refractivity contribution is 0.265. The van der Waals surface area contributed by atoms with Gasteiger partial charge >= 0.3 is 0 Å². The largest absolute Gasteiger partial charge is 0.419 e. The van der Waals surface area contributed by atoms with E-state index in [1.54, 1.807) is 12.1 Å². The van der Waals surface area contributed by atoms with Gasteiger partial charge in [-0.05, 0) is 50.7 Å². The highest BCUT2D eigenvalue weighted by atomic mass is 19.1. The Balaban J connectivity index is 1.60. The summed E-state index contributed by atoms with van der Waals surface area (Å²) in [6.07, 6.45) is 2.46. The number of hydrogen-bond acceptors (Lipinski definition) is 5. The fourth-order valence-corrected chi connectivity index (χ4v) is 2.61. The van der Waals surface area contributed by atoms with Gasteiger partial charge in [0, 0.05) is 18.2 Å². The van der Waals surface area contributed by atoms with Crippen LogP contribution in [0.15, 0.2) is 28.7 Å². The lowest BCUT2D eigenvalue weighted by atomic mass is 10.2. The predicted molar refractivity (Wildman–Crippen MR) is 77.1 cm³/mol. The van der Waals surface area contributed by atoms with Crippen LogP contribution in [0.3, 0.4) is 0 Å². The van der Waals surface area contributed by atoms with E-state index in [0.29, 0.717) is 24.4 Å². The normalized spacial score (nSPS) is 18.5. The van der Waals surface area contributed by atoms with Crippen molar-refractivity contribution in [3.05, 3.63) is 36.0 Å². The molecule has 1 aromatic heterocycles. The highest BCUT2D eigenvalue weighted by Crippen LogP contribution is 2.18. The smallest absolute Gasteiger partial charge is 0.247 e. The van der Waals surface area contributed by atoms with Crippen LogP contribution in [0, 0.1) is 5.82 Å². The molecular formula is C15H19FN4O. The van der Waals surface area contributed by atoms with Gasteiger partial charge in [0.15, 0.2) is 0 Å². The predicted octanol–water partition coefficient (Wildman–Crippen LogP) is 2.06. The van der Waals surface area contributed by atoms with Crippen molar-refractivity contribution < 1.29 is 8.81 Å². The number of benzene rings is 1. The van der Waals surface area contributed by atoms with Crippen molar-refractivity contribution in [1.29, 1.82) is 0 Å². The second kappa shape index (κ2) is 6.32. The van der Waals surface area contributed by atoms with E-state index in [-0.39, 0.29) is 5.82 Å². The van der Waals surface area contributed by atoms with E-state index in [9.17, 15) is 4.39 Å². The summed E-state index contributed by atoms with van der Waals surface area (Å²) in [7, 11) is 2.04. The van der Waals surface area contributed by atoms with Crippen LogP contribution in [0.25, 0.3) is 11.5 Å². The summed E-state index contributed by atoms with van der Waals surface area (Å²) in [4.78, 5) is 2.17. The maximum atomic E-state index is 12.9. The molecule has 1 aliphatic rings. The van der Waals surface area contributed by atoms with E-state index in [1.165, 1.54) is 25.0 Å². The molecule has 5 nitrogen and oxygen atoms in total. The summed E-state index contributed by atoms with van der Waals surface area (Å²) in [6, 6.07) is 6.60. The van der Waals surface area contributed by atoms with Crippen molar-refractivity contribution in [1.82, 2.24) is 20.4 Å². The summed E-state index contributed by atoms with van der Waals surface area (Å²) >= 11 is 0. The second-order valence-corrected chi connectivity index (χ2v) is 5.50. The molecule has 1 N–H and O–H groups in total. The second-order valence-electron chi connectivity index (χ2n) is 5.50. The zero-order chi connectivity index (χ0) is 14.7. The first-order chi connectivity index (χ1) is 10.2. The summed E-state index contributed by atoms with van der Waals surface area (Å²) in [6.45, 7) is 2.69. The molecular weight excluding hydrogens is 271 g/mol. The van der Waals surface area contributed by atoms with Crippen molar-refractivity contribution in [3.63, 3.8) is 0 Å². The molecule has 0 bridgehead atoms. The molecule has 0 radical (unpaired) electrons. The Morgan fingerprint density at radius 1 is 1.33 bits per heavy atom. The number of rotatable bonds is 5. The molecule has 21 heavy (non-hydrogen) atoms. The third-order valence-electron chi connectivity index (χ3n) is 3.66. The summed E-state index contributed by atoms with van der Waals surface area (Å²) in [5, 5.41) is 11.5. The van der Waals surface area contributed by atoms with E-state index in [1.807, 2.05) is 7.05 Å². The van der Waals surface area contributed by atoms with Gasteiger partial charge in [0.1, 0.15) is 5.82 Å². The summed E-state index contributed by atoms with van der Waals surface area (Å²) < 4.78 is 18.5. The number of nitrogens with zero attached hydrogens (tertiary/aromatic N) is 3. The molecule has 1 saturated heterocycles. The molecule has 0 amide bonds. The lowest BCUT2D eigenvalue weighted by Crippen LogP contribution is -2.35. The van der Waals surface area contributed by atoms with E-state index >= 15 is 0 Å². The van der Waals surface area contributed by atoms with E-state index in [0.717, 1.165) is 18.7 Å². The Hall–Kier alpha value is -1.79. The van der Waals surface area contributed by atoms with Gasteiger partial charge in [-0.25, -0.2) is 4.39 Å². The van der Waals surface area contributed by atoms with Gasteiger partial charge in [-0.15, -0.1) is 10.2 Å². The lowest BCUT2D eigenvalue weighted by Gasteiger charge is -2.19. The van der Waals surface area contributed by atoms with E-state index < -0.39 is 0 Å². The zero-order valence-corrected chi connectivity index (χ0v) is 12.1. The zero-order valence-electron chi connectivity index (χ0n) is 12.1. The fourth-order valence-electron chi connectivity index (χ4n) is 2.61. The number of halogens is 1. The van der Waals surface area contributed by atoms with Crippen LogP contribution in [-0.4, -0.2) is 41.3 Å². The van der Waals surface area contributed by atoms with E-state index in [4.69, 9.17) is 4.42 Å². The van der Waals surface area contributed by atoms with Crippen LogP contribution in [-0.2, 0) is 6.54 Å². The van der Waals surface area contributed by atoms with Gasteiger partial charge in [0.25, 0.3) is 0 Å². The topological polar surface area (TPSA) is 54.2 Å². The first-order valence-electron chi connectivity index (χ1n) is 7.21. The quantitative estimate of drug-likeness (QED) is 0.913. The van der Waals surface area contributed by atoms with Crippen LogP contribution in [0.4, 0.5) is 4.39 Å². The Morgan fingerprint density at radius 2 is 2.14 bits per heavy atom. The summed E-state index contributed by atoms with van der Waals surface area (Å²) in [5.74, 6) is 0.731. The minimum atomic E-state index is -0.276. The molecule has 6 heteroatoms. The molecule has 112 valence electrons. The van der Waals surface area contributed by atoms with Crippen LogP contribution < -0.4 is 5.32 Å². The molecule has 1 atom stereocenters. The third kappa shape index (κ3) is 3.65. The van der Waals surface area contributed by atoms with Gasteiger partial charge < -0.3 is 9.73 Å². The van der Waals surface area contributed by atoms with Crippen molar-refractivity contribution in [3.8, 4) is 11.5 Å². The SMILES string of the molecule is CN(Cc1nnc(-c2ccc(F)cc2)o1)CC1CCCN1. The van der Waals surface area contributed by atoms with Crippen molar-refractivity contribution >= 4 is 0 Å². The van der Waals surface area contributed by atoms with Crippen molar-refractivity contribution in [2.45, 2.75) is 25.4 Å². The number of likely N-dealkylation sites (N-methyl/N-ethyl adjacent to an activating group) is 1. The number of hydrogen-bond donors (Lipinski definition) is 1. The molecule has 2 aromatic rings. The molecule has 2 heterocycles. The fraction of sp³-hybridized carbons (Fsp3) is 0.467. The molecule has 0 spiro atoms. The minimum absolute atomic E-state index is 0.276. The molecule has 1 aliphatic heterocycles. The third-order valence-corrected chi connectivity index (χ3v) is 3.66. The Morgan fingerprint density at radius 3 is 2.86 bits per heavy atom. The molecule has 0 aliphatic carbocycles. The van der Waals surface area contributed by atoms with Crippen molar-refractivity contribution in [2.75, 3.05) is 20.1 Å². The first kappa shape index (κ1) is 14.2. The molecule has 3 rings (SSSR count). The van der Waals surface area contributed by atoms with Gasteiger partial charge in [-0.3, -0.25) is 4.90 Å². The van der Waals surface area contributed by atoms with Gasteiger partial charge in [0.05, 0.1) is 6.54 Å². The standard InChI is InChI=1S/C15H19FN4O/c1-20(9-13-3-2-8-17-13)10-14-18-19-15(21-14)11-4-6-12(16)7-5-11/h4-7,13,17H,2-3,8-10H2,1H3. The highest BCUT2D eigenvalue weighted by molar-refractivity contribution is 5.51. The average molecular weight is 290 g/mol. The number of aromatic nitrogens is 2. The Kier molecular flexibility index (Phi) is 4.26. The van der Waals surface area contributed by atoms with E-state index in [2.05, 4.69) is 20.4 Å². The highest BCUT2D eigenvalue weighted by Gasteiger charge is 2.17.